The summed E-state index contributed by atoms with van der Waals surface area (Å²) in [5, 5.41) is 21.4. The highest BCUT2D eigenvalue weighted by Gasteiger charge is 2.58. The van der Waals surface area contributed by atoms with Crippen LogP contribution in [0.15, 0.2) is 0 Å². The average molecular weight is 355 g/mol. The first-order valence-corrected chi connectivity index (χ1v) is 9.43. The third-order valence-corrected chi connectivity index (χ3v) is 5.78. The minimum Gasteiger partial charge on any atom is -0.481 e. The van der Waals surface area contributed by atoms with Gasteiger partial charge in [0.25, 0.3) is 0 Å². The minimum atomic E-state index is -1.31. The van der Waals surface area contributed by atoms with Gasteiger partial charge < -0.3 is 19.8 Å². The van der Waals surface area contributed by atoms with E-state index in [1.54, 1.807) is 20.8 Å². The molecule has 144 valence electrons. The summed E-state index contributed by atoms with van der Waals surface area (Å²) in [5.41, 5.74) is -3.22. The van der Waals surface area contributed by atoms with Crippen LogP contribution in [0, 0.1) is 11.3 Å². The molecule has 1 saturated heterocycles. The number of hydrogen-bond acceptors (Lipinski definition) is 4. The van der Waals surface area contributed by atoms with Crippen LogP contribution in [0.2, 0.25) is 0 Å². The SMILES string of the molecule is CC1CCCC(O)(C2(C(=O)O)CCCN(C(=O)OC(C)(C)C)C2)CC1. The lowest BCUT2D eigenvalue weighted by Crippen LogP contribution is -2.62. The van der Waals surface area contributed by atoms with Crippen molar-refractivity contribution in [3.63, 3.8) is 0 Å². The molecule has 6 nitrogen and oxygen atoms in total. The van der Waals surface area contributed by atoms with Crippen LogP contribution in [0.5, 0.6) is 0 Å². The van der Waals surface area contributed by atoms with Gasteiger partial charge in [0.05, 0.1) is 5.60 Å². The van der Waals surface area contributed by atoms with Crippen LogP contribution in [-0.4, -0.2) is 51.5 Å². The highest BCUT2D eigenvalue weighted by atomic mass is 16.6. The molecule has 0 spiro atoms. The quantitative estimate of drug-likeness (QED) is 0.741. The van der Waals surface area contributed by atoms with E-state index in [0.29, 0.717) is 38.1 Å². The lowest BCUT2D eigenvalue weighted by Gasteiger charge is -2.49. The smallest absolute Gasteiger partial charge is 0.410 e. The molecule has 1 saturated carbocycles. The van der Waals surface area contributed by atoms with Crippen LogP contribution in [0.25, 0.3) is 0 Å². The second-order valence-corrected chi connectivity index (χ2v) is 8.96. The first kappa shape index (κ1) is 20.0. The van der Waals surface area contributed by atoms with Gasteiger partial charge >= 0.3 is 12.1 Å². The molecular weight excluding hydrogens is 322 g/mol. The van der Waals surface area contributed by atoms with Crippen LogP contribution in [0.4, 0.5) is 4.79 Å². The normalized spacial score (nSPS) is 34.3. The number of amides is 1. The Balaban J connectivity index is 2.26. The fourth-order valence-corrected chi connectivity index (χ4v) is 4.27. The standard InChI is InChI=1S/C19H33NO5/c1-14-7-5-10-19(24,11-8-14)18(15(21)22)9-6-12-20(13-18)16(23)25-17(2,3)4/h14,24H,5-13H2,1-4H3,(H,21,22). The van der Waals surface area contributed by atoms with Gasteiger partial charge in [-0.3, -0.25) is 4.79 Å². The minimum absolute atomic E-state index is 0.0160. The van der Waals surface area contributed by atoms with E-state index in [9.17, 15) is 19.8 Å². The number of piperidine rings is 1. The molecule has 3 atom stereocenters. The second kappa shape index (κ2) is 7.14. The Labute approximate surface area is 150 Å². The molecule has 0 aromatic carbocycles. The third-order valence-electron chi connectivity index (χ3n) is 5.78. The van der Waals surface area contributed by atoms with Gasteiger partial charge in [0, 0.05) is 13.1 Å². The number of likely N-dealkylation sites (tertiary alicyclic amines) is 1. The molecule has 1 heterocycles. The largest absolute Gasteiger partial charge is 0.481 e. The van der Waals surface area contributed by atoms with E-state index in [0.717, 1.165) is 19.3 Å². The summed E-state index contributed by atoms with van der Waals surface area (Å²) >= 11 is 0. The fraction of sp³-hybridized carbons (Fsp3) is 0.895. The maximum Gasteiger partial charge on any atom is 0.410 e. The lowest BCUT2D eigenvalue weighted by molar-refractivity contribution is -0.180. The van der Waals surface area contributed by atoms with Crippen molar-refractivity contribution in [2.75, 3.05) is 13.1 Å². The fourth-order valence-electron chi connectivity index (χ4n) is 4.27. The number of aliphatic carboxylic acids is 1. The molecule has 3 unspecified atom stereocenters. The summed E-state index contributed by atoms with van der Waals surface area (Å²) < 4.78 is 5.42. The monoisotopic (exact) mass is 355 g/mol. The molecule has 2 N–H and O–H groups in total. The van der Waals surface area contributed by atoms with Gasteiger partial charge in [-0.05, 0) is 58.8 Å². The summed E-state index contributed by atoms with van der Waals surface area (Å²) in [5.74, 6) is -0.511. The van der Waals surface area contributed by atoms with Crippen molar-refractivity contribution in [1.82, 2.24) is 4.90 Å². The second-order valence-electron chi connectivity index (χ2n) is 8.96. The lowest BCUT2D eigenvalue weighted by atomic mass is 9.63. The molecule has 25 heavy (non-hydrogen) atoms. The van der Waals surface area contributed by atoms with Gasteiger partial charge in [-0.25, -0.2) is 4.79 Å². The molecule has 0 bridgehead atoms. The van der Waals surface area contributed by atoms with Crippen molar-refractivity contribution in [3.8, 4) is 0 Å². The van der Waals surface area contributed by atoms with E-state index in [1.807, 2.05) is 0 Å². The predicted molar refractivity (Wildman–Crippen MR) is 94.3 cm³/mol. The molecule has 0 radical (unpaired) electrons. The first-order chi connectivity index (χ1) is 11.5. The van der Waals surface area contributed by atoms with Crippen molar-refractivity contribution >= 4 is 12.1 Å². The Hall–Kier alpha value is -1.30. The van der Waals surface area contributed by atoms with Gasteiger partial charge in [0.15, 0.2) is 0 Å². The number of carboxylic acid groups (broad SMARTS) is 1. The van der Waals surface area contributed by atoms with E-state index < -0.39 is 28.7 Å². The number of carbonyl (C=O) groups excluding carboxylic acids is 1. The summed E-state index contributed by atoms with van der Waals surface area (Å²) in [7, 11) is 0. The van der Waals surface area contributed by atoms with Crippen molar-refractivity contribution in [3.05, 3.63) is 0 Å². The van der Waals surface area contributed by atoms with Gasteiger partial charge in [0.2, 0.25) is 0 Å². The number of carbonyl (C=O) groups is 2. The Morgan fingerprint density at radius 1 is 1.12 bits per heavy atom. The number of ether oxygens (including phenoxy) is 1. The van der Waals surface area contributed by atoms with Gasteiger partial charge in [-0.1, -0.05) is 19.8 Å². The van der Waals surface area contributed by atoms with Crippen LogP contribution in [0.3, 0.4) is 0 Å². The van der Waals surface area contributed by atoms with Crippen molar-refractivity contribution in [2.24, 2.45) is 11.3 Å². The summed E-state index contributed by atoms with van der Waals surface area (Å²) in [6.07, 6.45) is 4.05. The van der Waals surface area contributed by atoms with E-state index >= 15 is 0 Å². The first-order valence-electron chi connectivity index (χ1n) is 9.43. The molecule has 2 fully saturated rings. The summed E-state index contributed by atoms with van der Waals surface area (Å²) in [4.78, 5) is 26.2. The maximum absolute atomic E-state index is 12.5. The summed E-state index contributed by atoms with van der Waals surface area (Å²) in [6.45, 7) is 8.00. The van der Waals surface area contributed by atoms with Crippen LogP contribution >= 0.6 is 0 Å². The van der Waals surface area contributed by atoms with Crippen molar-refractivity contribution < 1.29 is 24.5 Å². The van der Waals surface area contributed by atoms with Gasteiger partial charge in [-0.15, -0.1) is 0 Å². The Kier molecular flexibility index (Phi) is 5.71. The molecule has 0 aromatic rings. The highest BCUT2D eigenvalue weighted by molar-refractivity contribution is 5.78. The van der Waals surface area contributed by atoms with Crippen LogP contribution in [-0.2, 0) is 9.53 Å². The predicted octanol–water partition coefficient (Wildman–Crippen LogP) is 3.42. The zero-order valence-electron chi connectivity index (χ0n) is 16.0. The summed E-state index contributed by atoms with van der Waals surface area (Å²) in [6, 6.07) is 0. The van der Waals surface area contributed by atoms with Crippen LogP contribution in [0.1, 0.15) is 72.6 Å². The number of rotatable bonds is 2. The number of aliphatic hydroxyl groups is 1. The molecule has 2 rings (SSSR count). The molecule has 1 aliphatic heterocycles. The molecular formula is C19H33NO5. The molecule has 1 amide bonds. The van der Waals surface area contributed by atoms with Gasteiger partial charge in [0.1, 0.15) is 11.0 Å². The Bertz CT molecular complexity index is 514. The molecule has 6 heteroatoms. The maximum atomic E-state index is 12.5. The number of carboxylic acids is 1. The van der Waals surface area contributed by atoms with Crippen molar-refractivity contribution in [2.45, 2.75) is 83.8 Å². The van der Waals surface area contributed by atoms with Crippen molar-refractivity contribution in [1.29, 1.82) is 0 Å². The molecule has 2 aliphatic rings. The Morgan fingerprint density at radius 3 is 2.40 bits per heavy atom. The highest BCUT2D eigenvalue weighted by Crippen LogP contribution is 2.48. The zero-order valence-corrected chi connectivity index (χ0v) is 16.0. The Morgan fingerprint density at radius 2 is 1.80 bits per heavy atom. The average Bonchev–Trinajstić information content (AvgIpc) is 2.68. The molecule has 1 aliphatic carbocycles. The topological polar surface area (TPSA) is 87.1 Å². The molecule has 0 aromatic heterocycles. The number of nitrogens with zero attached hydrogens (tertiary/aromatic N) is 1. The van der Waals surface area contributed by atoms with E-state index in [4.69, 9.17) is 4.74 Å². The number of hydrogen-bond donors (Lipinski definition) is 2. The zero-order chi connectivity index (χ0) is 18.9. The van der Waals surface area contributed by atoms with Crippen LogP contribution < -0.4 is 0 Å². The van der Waals surface area contributed by atoms with E-state index in [2.05, 4.69) is 6.92 Å². The third kappa shape index (κ3) is 4.27. The van der Waals surface area contributed by atoms with E-state index in [-0.39, 0.29) is 6.54 Å². The van der Waals surface area contributed by atoms with Gasteiger partial charge in [-0.2, -0.15) is 0 Å². The van der Waals surface area contributed by atoms with E-state index in [1.165, 1.54) is 4.90 Å².